The number of ether oxygens (including phenoxy) is 1. The molecule has 1 fully saturated rings. The fourth-order valence-corrected chi connectivity index (χ4v) is 4.45. The highest BCUT2D eigenvalue weighted by molar-refractivity contribution is 5.95. The van der Waals surface area contributed by atoms with Crippen molar-refractivity contribution >= 4 is 35.4 Å². The predicted molar refractivity (Wildman–Crippen MR) is 143 cm³/mol. The van der Waals surface area contributed by atoms with Gasteiger partial charge < -0.3 is 30.7 Å². The molecule has 1 aliphatic heterocycles. The number of nitrogens with zero attached hydrogens (tertiary/aromatic N) is 1. The average Bonchev–Trinajstić information content (AvgIpc) is 3.23. The maximum absolute atomic E-state index is 13.1. The molecule has 0 radical (unpaired) electrons. The highest BCUT2D eigenvalue weighted by atomic mass is 16.5. The quantitative estimate of drug-likeness (QED) is 0.177. The van der Waals surface area contributed by atoms with Crippen LogP contribution in [0, 0.1) is 6.92 Å². The highest BCUT2D eigenvalue weighted by Crippen LogP contribution is 2.37. The third kappa shape index (κ3) is 7.47. The second kappa shape index (κ2) is 12.9. The Balaban J connectivity index is 1.57. The molecule has 2 atom stereocenters. The molecule has 1 aliphatic rings. The molecule has 13 nitrogen and oxygen atoms in total. The van der Waals surface area contributed by atoms with Crippen molar-refractivity contribution in [3.05, 3.63) is 59.2 Å². The number of benzene rings is 2. The fourth-order valence-electron chi connectivity index (χ4n) is 4.45. The monoisotopic (exact) mass is 555 g/mol. The van der Waals surface area contributed by atoms with E-state index in [2.05, 4.69) is 10.6 Å². The maximum atomic E-state index is 13.1. The normalized spacial score (nSPS) is 17.1. The molecule has 0 spiro atoms. The number of carbonyl (C=O) groups is 5. The lowest BCUT2D eigenvalue weighted by molar-refractivity contribution is -0.143. The van der Waals surface area contributed by atoms with E-state index in [1.165, 1.54) is 4.90 Å². The summed E-state index contributed by atoms with van der Waals surface area (Å²) in [7, 11) is 0. The van der Waals surface area contributed by atoms with Gasteiger partial charge in [0, 0.05) is 12.2 Å². The number of carboxylic acid groups (broad SMARTS) is 1. The lowest BCUT2D eigenvalue weighted by Gasteiger charge is -2.27. The zero-order valence-corrected chi connectivity index (χ0v) is 22.4. The van der Waals surface area contributed by atoms with Crippen LogP contribution in [-0.4, -0.2) is 70.6 Å². The minimum Gasteiger partial charge on any atom is -0.489 e. The van der Waals surface area contributed by atoms with E-state index in [9.17, 15) is 24.0 Å². The van der Waals surface area contributed by atoms with E-state index in [4.69, 9.17) is 15.1 Å². The predicted octanol–water partition coefficient (Wildman–Crippen LogP) is 1.28. The molecule has 214 valence electrons. The van der Waals surface area contributed by atoms with Crippen LogP contribution in [0.25, 0.3) is 0 Å². The lowest BCUT2D eigenvalue weighted by atomic mass is 9.81. The Hall–Kier alpha value is -4.65. The second-order valence-corrected chi connectivity index (χ2v) is 9.74. The van der Waals surface area contributed by atoms with Crippen LogP contribution in [0.5, 0.6) is 5.75 Å². The van der Waals surface area contributed by atoms with E-state index in [1.54, 1.807) is 36.7 Å². The molecule has 1 saturated heterocycles. The van der Waals surface area contributed by atoms with Crippen molar-refractivity contribution in [2.24, 2.45) is 0 Å². The number of anilines is 1. The molecule has 13 heteroatoms. The van der Waals surface area contributed by atoms with Gasteiger partial charge in [0.1, 0.15) is 18.4 Å². The third-order valence-electron chi connectivity index (χ3n) is 6.71. The molecule has 0 bridgehead atoms. The van der Waals surface area contributed by atoms with Crippen LogP contribution in [-0.2, 0) is 31.2 Å². The zero-order chi connectivity index (χ0) is 29.4. The molecule has 5 amide bonds. The van der Waals surface area contributed by atoms with Gasteiger partial charge in [0.15, 0.2) is 0 Å². The van der Waals surface area contributed by atoms with Crippen molar-refractivity contribution in [1.29, 1.82) is 0 Å². The fraction of sp³-hybridized carbons (Fsp3) is 0.370. The molecular formula is C27H33N5O8. The van der Waals surface area contributed by atoms with Crippen molar-refractivity contribution in [1.82, 2.24) is 21.0 Å². The highest BCUT2D eigenvalue weighted by Gasteiger charge is 2.46. The Kier molecular flexibility index (Phi) is 9.67. The average molecular weight is 556 g/mol. The molecule has 0 saturated carbocycles. The van der Waals surface area contributed by atoms with Gasteiger partial charge in [-0.2, -0.15) is 0 Å². The Morgan fingerprint density at radius 2 is 1.73 bits per heavy atom. The van der Waals surface area contributed by atoms with E-state index in [0.717, 1.165) is 16.7 Å². The first-order valence-electron chi connectivity index (χ1n) is 12.5. The largest absolute Gasteiger partial charge is 0.489 e. The lowest BCUT2D eigenvalue weighted by Crippen LogP contribution is -2.47. The van der Waals surface area contributed by atoms with Crippen LogP contribution < -0.4 is 26.2 Å². The van der Waals surface area contributed by atoms with Gasteiger partial charge >= 0.3 is 6.09 Å². The molecule has 2 unspecified atom stereocenters. The summed E-state index contributed by atoms with van der Waals surface area (Å²) in [6, 6.07) is 11.8. The summed E-state index contributed by atoms with van der Waals surface area (Å²) in [4.78, 5) is 60.6. The van der Waals surface area contributed by atoms with E-state index in [-0.39, 0.29) is 19.1 Å². The van der Waals surface area contributed by atoms with Gasteiger partial charge in [0.25, 0.3) is 5.91 Å². The Morgan fingerprint density at radius 3 is 2.38 bits per heavy atom. The number of aryl methyl sites for hydroxylation is 1. The minimum atomic E-state index is -1.34. The maximum Gasteiger partial charge on any atom is 0.405 e. The van der Waals surface area contributed by atoms with Crippen LogP contribution in [0.1, 0.15) is 37.0 Å². The smallest absolute Gasteiger partial charge is 0.405 e. The van der Waals surface area contributed by atoms with Gasteiger partial charge in [-0.3, -0.25) is 24.4 Å². The molecule has 2 aromatic carbocycles. The molecule has 40 heavy (non-hydrogen) atoms. The molecule has 2 aromatic rings. The Morgan fingerprint density at radius 1 is 1.05 bits per heavy atom. The minimum absolute atomic E-state index is 0.192. The van der Waals surface area contributed by atoms with Gasteiger partial charge in [0.05, 0.1) is 18.5 Å². The van der Waals surface area contributed by atoms with E-state index < -0.39 is 41.8 Å². The Bertz CT molecular complexity index is 1280. The van der Waals surface area contributed by atoms with Crippen LogP contribution >= 0.6 is 0 Å². The number of hydrogen-bond acceptors (Lipinski definition) is 7. The number of likely N-dealkylation sites (tertiary alicyclic amines) is 1. The number of nitrogens with one attached hydrogen (secondary N) is 4. The first-order chi connectivity index (χ1) is 18.9. The zero-order valence-electron chi connectivity index (χ0n) is 22.4. The van der Waals surface area contributed by atoms with Crippen molar-refractivity contribution in [3.8, 4) is 5.75 Å². The van der Waals surface area contributed by atoms with Crippen molar-refractivity contribution < 1.29 is 39.0 Å². The van der Waals surface area contributed by atoms with Crippen molar-refractivity contribution in [3.63, 3.8) is 0 Å². The summed E-state index contributed by atoms with van der Waals surface area (Å²) < 4.78 is 5.91. The van der Waals surface area contributed by atoms with Crippen LogP contribution in [0.15, 0.2) is 42.5 Å². The molecule has 0 aliphatic carbocycles. The van der Waals surface area contributed by atoms with Gasteiger partial charge in [-0.15, -0.1) is 0 Å². The molecule has 0 aromatic heterocycles. The summed E-state index contributed by atoms with van der Waals surface area (Å²) in [5.41, 5.74) is 3.75. The number of hydroxylamine groups is 1. The first-order valence-corrected chi connectivity index (χ1v) is 12.5. The number of hydrogen-bond donors (Lipinski definition) is 6. The molecule has 1 heterocycles. The van der Waals surface area contributed by atoms with E-state index in [1.807, 2.05) is 37.4 Å². The number of carbonyl (C=O) groups excluding carboxylic acids is 4. The summed E-state index contributed by atoms with van der Waals surface area (Å²) in [5.74, 6) is -1.36. The number of amides is 5. The Labute approximate surface area is 230 Å². The van der Waals surface area contributed by atoms with E-state index >= 15 is 0 Å². The van der Waals surface area contributed by atoms with E-state index in [0.29, 0.717) is 24.4 Å². The first kappa shape index (κ1) is 29.9. The van der Waals surface area contributed by atoms with Gasteiger partial charge in [-0.25, -0.2) is 10.3 Å². The third-order valence-corrected chi connectivity index (χ3v) is 6.71. The van der Waals surface area contributed by atoms with Crippen molar-refractivity contribution in [2.75, 3.05) is 25.0 Å². The van der Waals surface area contributed by atoms with Gasteiger partial charge in [0.2, 0.25) is 17.7 Å². The number of rotatable bonds is 11. The summed E-state index contributed by atoms with van der Waals surface area (Å²) in [6.07, 6.45) is -0.813. The van der Waals surface area contributed by atoms with Gasteiger partial charge in [-0.1, -0.05) is 18.2 Å². The molecule has 6 N–H and O–H groups in total. The second-order valence-electron chi connectivity index (χ2n) is 9.74. The molecular weight excluding hydrogens is 522 g/mol. The molecule has 3 rings (SSSR count). The van der Waals surface area contributed by atoms with Gasteiger partial charge in [-0.05, 0) is 68.1 Å². The topological polar surface area (TPSA) is 186 Å². The summed E-state index contributed by atoms with van der Waals surface area (Å²) >= 11 is 0. The summed E-state index contributed by atoms with van der Waals surface area (Å²) in [5, 5.41) is 24.3. The van der Waals surface area contributed by atoms with Crippen LogP contribution in [0.4, 0.5) is 10.5 Å². The SMILES string of the molecule is Cc1cc(COc2ccc(C3(C)CCN(C(C)C(=O)NO)C3=O)cc2)cc(NC(=O)CNC(=O)CNC(=O)O)c1. The van der Waals surface area contributed by atoms with Crippen molar-refractivity contribution in [2.45, 2.75) is 45.3 Å². The summed E-state index contributed by atoms with van der Waals surface area (Å²) in [6.45, 7) is 5.08. The standard InChI is InChI=1S/C27H33N5O8/c1-16-10-18(12-20(11-16)30-23(34)14-28-22(33)13-29-26(37)38)15-40-21-6-4-19(5-7-21)27(3)8-9-32(25(27)36)17(2)24(35)31-39/h4-7,10-12,17,29,39H,8-9,13-15H2,1-3H3,(H,28,33)(H,30,34)(H,31,35)(H,37,38). The van der Waals surface area contributed by atoms with Crippen LogP contribution in [0.2, 0.25) is 0 Å². The van der Waals surface area contributed by atoms with Crippen LogP contribution in [0.3, 0.4) is 0 Å².